The van der Waals surface area contributed by atoms with Crippen molar-refractivity contribution in [1.29, 1.82) is 0 Å². The average Bonchev–Trinajstić information content (AvgIpc) is 2.23. The first-order chi connectivity index (χ1) is 8.04. The molecule has 2 unspecified atom stereocenters. The fourth-order valence-corrected chi connectivity index (χ4v) is 2.39. The molecule has 1 amide bonds. The zero-order chi connectivity index (χ0) is 12.8. The molecule has 4 heteroatoms. The van der Waals surface area contributed by atoms with Crippen LogP contribution in [0.4, 0.5) is 0 Å². The summed E-state index contributed by atoms with van der Waals surface area (Å²) in [7, 11) is 1.71. The number of nitrogens with zero attached hydrogens (tertiary/aromatic N) is 1. The molecule has 1 aliphatic heterocycles. The third-order valence-corrected chi connectivity index (χ3v) is 3.05. The minimum absolute atomic E-state index is 0.0125. The van der Waals surface area contributed by atoms with Crippen molar-refractivity contribution in [3.05, 3.63) is 0 Å². The number of ether oxygens (including phenoxy) is 1. The van der Waals surface area contributed by atoms with Gasteiger partial charge in [-0.1, -0.05) is 20.8 Å². The van der Waals surface area contributed by atoms with Gasteiger partial charge in [0.2, 0.25) is 5.91 Å². The first kappa shape index (κ1) is 14.5. The molecule has 0 aromatic rings. The highest BCUT2D eigenvalue weighted by Crippen LogP contribution is 2.14. The number of amides is 1. The van der Waals surface area contributed by atoms with E-state index in [1.54, 1.807) is 7.11 Å². The van der Waals surface area contributed by atoms with Gasteiger partial charge in [0, 0.05) is 26.2 Å². The lowest BCUT2D eigenvalue weighted by Crippen LogP contribution is -2.53. The van der Waals surface area contributed by atoms with Crippen molar-refractivity contribution < 1.29 is 9.53 Å². The highest BCUT2D eigenvalue weighted by Gasteiger charge is 2.29. The fraction of sp³-hybridized carbons (Fsp3) is 0.923. The molecule has 1 heterocycles. The Morgan fingerprint density at radius 1 is 1.47 bits per heavy atom. The van der Waals surface area contributed by atoms with E-state index in [9.17, 15) is 4.79 Å². The van der Waals surface area contributed by atoms with Gasteiger partial charge in [-0.25, -0.2) is 0 Å². The summed E-state index contributed by atoms with van der Waals surface area (Å²) < 4.78 is 5.12. The van der Waals surface area contributed by atoms with E-state index in [1.807, 2.05) is 4.90 Å². The van der Waals surface area contributed by atoms with Gasteiger partial charge in [0.05, 0.1) is 12.6 Å². The lowest BCUT2D eigenvalue weighted by atomic mass is 10.0. The smallest absolute Gasteiger partial charge is 0.239 e. The van der Waals surface area contributed by atoms with Gasteiger partial charge in [-0.05, 0) is 18.8 Å². The fourth-order valence-electron chi connectivity index (χ4n) is 2.39. The minimum Gasteiger partial charge on any atom is -0.384 e. The van der Waals surface area contributed by atoms with E-state index in [0.717, 1.165) is 25.9 Å². The maximum Gasteiger partial charge on any atom is 0.239 e. The van der Waals surface area contributed by atoms with E-state index < -0.39 is 0 Å². The molecule has 0 aromatic carbocycles. The van der Waals surface area contributed by atoms with Crippen LogP contribution in [0.15, 0.2) is 0 Å². The summed E-state index contributed by atoms with van der Waals surface area (Å²) in [6.07, 6.45) is 2.06. The Balaban J connectivity index is 2.47. The maximum absolute atomic E-state index is 12.2. The number of likely N-dealkylation sites (tertiary alicyclic amines) is 1. The number of rotatable bonds is 6. The average molecular weight is 242 g/mol. The third kappa shape index (κ3) is 4.64. The Morgan fingerprint density at radius 2 is 2.18 bits per heavy atom. The summed E-state index contributed by atoms with van der Waals surface area (Å²) in [6.45, 7) is 8.70. The number of hydrogen-bond acceptors (Lipinski definition) is 3. The Morgan fingerprint density at radius 3 is 2.76 bits per heavy atom. The minimum atomic E-state index is 0.0125. The van der Waals surface area contributed by atoms with Gasteiger partial charge in [-0.15, -0.1) is 0 Å². The number of methoxy groups -OCH3 is 1. The van der Waals surface area contributed by atoms with Crippen LogP contribution in [0.5, 0.6) is 0 Å². The summed E-state index contributed by atoms with van der Waals surface area (Å²) in [6, 6.07) is 0.374. The second kappa shape index (κ2) is 6.97. The quantitative estimate of drug-likeness (QED) is 0.762. The maximum atomic E-state index is 12.2. The van der Waals surface area contributed by atoms with Crippen LogP contribution in [0.2, 0.25) is 0 Å². The second-order valence-electron chi connectivity index (χ2n) is 5.36. The molecule has 0 aliphatic carbocycles. The van der Waals surface area contributed by atoms with Crippen LogP contribution in [0, 0.1) is 5.92 Å². The van der Waals surface area contributed by atoms with Crippen molar-refractivity contribution in [2.24, 2.45) is 5.92 Å². The molecule has 0 bridgehead atoms. The third-order valence-electron chi connectivity index (χ3n) is 3.05. The molecule has 1 saturated heterocycles. The van der Waals surface area contributed by atoms with Gasteiger partial charge < -0.3 is 15.0 Å². The van der Waals surface area contributed by atoms with Gasteiger partial charge in [-0.2, -0.15) is 0 Å². The number of nitrogens with one attached hydrogen (secondary N) is 1. The standard InChI is InChI=1S/C13H26N2O2/c1-10(2)14-12-6-5-7-15(13(12)16)8-11(3)9-17-4/h10-12,14H,5-9H2,1-4H3. The predicted molar refractivity (Wildman–Crippen MR) is 68.9 cm³/mol. The Kier molecular flexibility index (Phi) is 5.92. The van der Waals surface area contributed by atoms with Gasteiger partial charge in [0.1, 0.15) is 0 Å². The van der Waals surface area contributed by atoms with Crippen molar-refractivity contribution >= 4 is 5.91 Å². The lowest BCUT2D eigenvalue weighted by Gasteiger charge is -2.35. The van der Waals surface area contributed by atoms with Gasteiger partial charge >= 0.3 is 0 Å². The Hall–Kier alpha value is -0.610. The number of hydrogen-bond donors (Lipinski definition) is 1. The molecule has 4 nitrogen and oxygen atoms in total. The summed E-state index contributed by atoms with van der Waals surface area (Å²) in [5.74, 6) is 0.662. The predicted octanol–water partition coefficient (Wildman–Crippen LogP) is 1.26. The number of piperidine rings is 1. The molecule has 0 saturated carbocycles. The van der Waals surface area contributed by atoms with Gasteiger partial charge in [0.15, 0.2) is 0 Å². The van der Waals surface area contributed by atoms with Crippen molar-refractivity contribution in [2.75, 3.05) is 26.8 Å². The molecule has 0 aromatic heterocycles. The highest BCUT2D eigenvalue weighted by atomic mass is 16.5. The molecule has 0 spiro atoms. The summed E-state index contributed by atoms with van der Waals surface area (Å²) in [5, 5.41) is 3.34. The van der Waals surface area contributed by atoms with E-state index >= 15 is 0 Å². The molecule has 2 atom stereocenters. The second-order valence-corrected chi connectivity index (χ2v) is 5.36. The van der Waals surface area contributed by atoms with E-state index in [4.69, 9.17) is 4.74 Å². The zero-order valence-corrected chi connectivity index (χ0v) is 11.5. The Bertz CT molecular complexity index is 244. The van der Waals surface area contributed by atoms with Crippen LogP contribution >= 0.6 is 0 Å². The Labute approximate surface area is 105 Å². The van der Waals surface area contributed by atoms with Gasteiger partial charge in [0.25, 0.3) is 0 Å². The largest absolute Gasteiger partial charge is 0.384 e. The van der Waals surface area contributed by atoms with E-state index in [0.29, 0.717) is 18.6 Å². The normalized spacial score (nSPS) is 23.2. The van der Waals surface area contributed by atoms with Crippen molar-refractivity contribution in [1.82, 2.24) is 10.2 Å². The first-order valence-corrected chi connectivity index (χ1v) is 6.58. The lowest BCUT2D eigenvalue weighted by molar-refractivity contribution is -0.137. The molecule has 1 aliphatic rings. The zero-order valence-electron chi connectivity index (χ0n) is 11.5. The summed E-state index contributed by atoms with van der Waals surface area (Å²) in [4.78, 5) is 14.2. The highest BCUT2D eigenvalue weighted by molar-refractivity contribution is 5.82. The van der Waals surface area contributed by atoms with Crippen molar-refractivity contribution in [3.63, 3.8) is 0 Å². The molecule has 1 N–H and O–H groups in total. The molecular weight excluding hydrogens is 216 g/mol. The topological polar surface area (TPSA) is 41.6 Å². The van der Waals surface area contributed by atoms with Crippen LogP contribution in [0.3, 0.4) is 0 Å². The van der Waals surface area contributed by atoms with Crippen LogP contribution in [-0.2, 0) is 9.53 Å². The van der Waals surface area contributed by atoms with E-state index in [-0.39, 0.29) is 11.9 Å². The van der Waals surface area contributed by atoms with Crippen LogP contribution in [0.1, 0.15) is 33.6 Å². The van der Waals surface area contributed by atoms with E-state index in [2.05, 4.69) is 26.1 Å². The first-order valence-electron chi connectivity index (χ1n) is 6.58. The molecule has 100 valence electrons. The molecule has 1 rings (SSSR count). The van der Waals surface area contributed by atoms with Crippen LogP contribution < -0.4 is 5.32 Å². The summed E-state index contributed by atoms with van der Waals surface area (Å²) in [5.41, 5.74) is 0. The van der Waals surface area contributed by atoms with Gasteiger partial charge in [-0.3, -0.25) is 4.79 Å². The number of carbonyl (C=O) groups excluding carboxylic acids is 1. The number of carbonyl (C=O) groups is 1. The van der Waals surface area contributed by atoms with Crippen LogP contribution in [0.25, 0.3) is 0 Å². The molecule has 17 heavy (non-hydrogen) atoms. The summed E-state index contributed by atoms with van der Waals surface area (Å²) >= 11 is 0. The SMILES string of the molecule is COCC(C)CN1CCCC(NC(C)C)C1=O. The van der Waals surface area contributed by atoms with Crippen LogP contribution in [-0.4, -0.2) is 49.7 Å². The monoisotopic (exact) mass is 242 g/mol. The van der Waals surface area contributed by atoms with Crippen molar-refractivity contribution in [2.45, 2.75) is 45.7 Å². The molecule has 1 fully saturated rings. The van der Waals surface area contributed by atoms with E-state index in [1.165, 1.54) is 0 Å². The van der Waals surface area contributed by atoms with Crippen molar-refractivity contribution in [3.8, 4) is 0 Å². The molecule has 0 radical (unpaired) electrons. The molecular formula is C13H26N2O2.